The second kappa shape index (κ2) is 6.36. The third kappa shape index (κ3) is 3.81. The summed E-state index contributed by atoms with van der Waals surface area (Å²) in [7, 11) is 1.29. The first-order valence-corrected chi connectivity index (χ1v) is 6.32. The van der Waals surface area contributed by atoms with Crippen molar-refractivity contribution in [2.75, 3.05) is 12.4 Å². The zero-order chi connectivity index (χ0) is 14.6. The van der Waals surface area contributed by atoms with Crippen molar-refractivity contribution in [3.05, 3.63) is 29.3 Å². The number of hydrogen-bond acceptors (Lipinski definition) is 3. The molecule has 0 saturated heterocycles. The molecule has 0 radical (unpaired) electrons. The van der Waals surface area contributed by atoms with Crippen molar-refractivity contribution in [1.82, 2.24) is 0 Å². The lowest BCUT2D eigenvalue weighted by molar-refractivity contribution is -0.150. The summed E-state index contributed by atoms with van der Waals surface area (Å²) in [5.41, 5.74) is 2.83. The highest BCUT2D eigenvalue weighted by molar-refractivity contribution is 6.05. The molecule has 1 aromatic rings. The minimum absolute atomic E-state index is 0.113. The molecule has 0 spiro atoms. The Kier molecular flexibility index (Phi) is 5.10. The van der Waals surface area contributed by atoms with Crippen LogP contribution in [0.15, 0.2) is 18.2 Å². The SMILES string of the molecule is COC(=O)C(C(=O)Nc1ccc(C)cc1C)C(C)C. The second-order valence-electron chi connectivity index (χ2n) is 5.05. The molecule has 0 saturated carbocycles. The zero-order valence-corrected chi connectivity index (χ0v) is 12.1. The molecular formula is C15H21NO3. The van der Waals surface area contributed by atoms with Crippen LogP contribution in [0.2, 0.25) is 0 Å². The number of methoxy groups -OCH3 is 1. The first-order chi connectivity index (χ1) is 8.86. The molecular weight excluding hydrogens is 242 g/mol. The smallest absolute Gasteiger partial charge is 0.318 e. The minimum Gasteiger partial charge on any atom is -0.468 e. The molecule has 1 N–H and O–H groups in total. The van der Waals surface area contributed by atoms with E-state index in [-0.39, 0.29) is 11.8 Å². The Morgan fingerprint density at radius 3 is 2.32 bits per heavy atom. The Labute approximate surface area is 114 Å². The van der Waals surface area contributed by atoms with E-state index < -0.39 is 11.9 Å². The van der Waals surface area contributed by atoms with Gasteiger partial charge in [-0.2, -0.15) is 0 Å². The van der Waals surface area contributed by atoms with Crippen LogP contribution in [0.25, 0.3) is 0 Å². The number of amides is 1. The van der Waals surface area contributed by atoms with Gasteiger partial charge >= 0.3 is 5.97 Å². The summed E-state index contributed by atoms with van der Waals surface area (Å²) in [6, 6.07) is 5.75. The van der Waals surface area contributed by atoms with Crippen LogP contribution in [0.3, 0.4) is 0 Å². The number of aryl methyl sites for hydroxylation is 2. The highest BCUT2D eigenvalue weighted by Gasteiger charge is 2.30. The molecule has 4 heteroatoms. The summed E-state index contributed by atoms with van der Waals surface area (Å²) in [6.07, 6.45) is 0. The van der Waals surface area contributed by atoms with Crippen LogP contribution >= 0.6 is 0 Å². The predicted octanol–water partition coefficient (Wildman–Crippen LogP) is 2.69. The van der Waals surface area contributed by atoms with Crippen LogP contribution in [0.4, 0.5) is 5.69 Å². The van der Waals surface area contributed by atoms with Crippen molar-refractivity contribution < 1.29 is 14.3 Å². The standard InChI is InChI=1S/C15H21NO3/c1-9(2)13(15(18)19-5)14(17)16-12-7-6-10(3)8-11(12)4/h6-9,13H,1-5H3,(H,16,17). The quantitative estimate of drug-likeness (QED) is 0.671. The summed E-state index contributed by atoms with van der Waals surface area (Å²) in [5, 5.41) is 2.79. The Bertz CT molecular complexity index is 480. The normalized spacial score (nSPS) is 12.1. The van der Waals surface area contributed by atoms with E-state index in [4.69, 9.17) is 0 Å². The lowest BCUT2D eigenvalue weighted by Gasteiger charge is -2.18. The molecule has 104 valence electrons. The number of esters is 1. The van der Waals surface area contributed by atoms with E-state index in [1.807, 2.05) is 45.9 Å². The number of nitrogens with one attached hydrogen (secondary N) is 1. The number of benzene rings is 1. The van der Waals surface area contributed by atoms with Crippen LogP contribution < -0.4 is 5.32 Å². The number of hydrogen-bond donors (Lipinski definition) is 1. The van der Waals surface area contributed by atoms with E-state index in [1.165, 1.54) is 7.11 Å². The van der Waals surface area contributed by atoms with Crippen LogP contribution in [-0.4, -0.2) is 19.0 Å². The Morgan fingerprint density at radius 2 is 1.84 bits per heavy atom. The molecule has 0 aliphatic carbocycles. The molecule has 19 heavy (non-hydrogen) atoms. The third-order valence-corrected chi connectivity index (χ3v) is 3.04. The minimum atomic E-state index is -0.786. The number of carbonyl (C=O) groups excluding carboxylic acids is 2. The van der Waals surface area contributed by atoms with E-state index in [0.717, 1.165) is 16.8 Å². The molecule has 0 fully saturated rings. The number of anilines is 1. The van der Waals surface area contributed by atoms with Gasteiger partial charge in [0.2, 0.25) is 5.91 Å². The molecule has 0 aliphatic rings. The number of carbonyl (C=O) groups is 2. The fourth-order valence-corrected chi connectivity index (χ4v) is 1.97. The maximum absolute atomic E-state index is 12.2. The van der Waals surface area contributed by atoms with Gasteiger partial charge < -0.3 is 10.1 Å². The summed E-state index contributed by atoms with van der Waals surface area (Å²) >= 11 is 0. The van der Waals surface area contributed by atoms with Crippen molar-refractivity contribution in [3.8, 4) is 0 Å². The van der Waals surface area contributed by atoms with Crippen molar-refractivity contribution in [2.45, 2.75) is 27.7 Å². The average molecular weight is 263 g/mol. The highest BCUT2D eigenvalue weighted by Crippen LogP contribution is 2.20. The van der Waals surface area contributed by atoms with Crippen molar-refractivity contribution in [2.24, 2.45) is 11.8 Å². The van der Waals surface area contributed by atoms with E-state index >= 15 is 0 Å². The molecule has 1 rings (SSSR count). The number of ether oxygens (including phenoxy) is 1. The lowest BCUT2D eigenvalue weighted by atomic mass is 9.95. The van der Waals surface area contributed by atoms with E-state index in [1.54, 1.807) is 0 Å². The van der Waals surface area contributed by atoms with Gasteiger partial charge in [-0.25, -0.2) is 0 Å². The summed E-state index contributed by atoms with van der Waals surface area (Å²) in [6.45, 7) is 7.56. The fraction of sp³-hybridized carbons (Fsp3) is 0.467. The Hall–Kier alpha value is -1.84. The molecule has 0 aromatic heterocycles. The molecule has 0 heterocycles. The van der Waals surface area contributed by atoms with Crippen LogP contribution in [0, 0.1) is 25.7 Å². The maximum atomic E-state index is 12.2. The van der Waals surface area contributed by atoms with E-state index in [0.29, 0.717) is 0 Å². The number of rotatable bonds is 4. The van der Waals surface area contributed by atoms with Crippen LogP contribution in [0.5, 0.6) is 0 Å². The first-order valence-electron chi connectivity index (χ1n) is 6.32. The highest BCUT2D eigenvalue weighted by atomic mass is 16.5. The average Bonchev–Trinajstić information content (AvgIpc) is 2.32. The van der Waals surface area contributed by atoms with E-state index in [9.17, 15) is 9.59 Å². The zero-order valence-electron chi connectivity index (χ0n) is 12.1. The third-order valence-electron chi connectivity index (χ3n) is 3.04. The summed E-state index contributed by atoms with van der Waals surface area (Å²) in [5.74, 6) is -1.73. The molecule has 4 nitrogen and oxygen atoms in total. The van der Waals surface area contributed by atoms with Gasteiger partial charge in [-0.05, 0) is 31.4 Å². The topological polar surface area (TPSA) is 55.4 Å². The van der Waals surface area contributed by atoms with Gasteiger partial charge in [0, 0.05) is 5.69 Å². The lowest BCUT2D eigenvalue weighted by Crippen LogP contribution is -2.34. The van der Waals surface area contributed by atoms with Gasteiger partial charge in [-0.1, -0.05) is 31.5 Å². The molecule has 1 unspecified atom stereocenters. The van der Waals surface area contributed by atoms with Gasteiger partial charge in [0.1, 0.15) is 5.92 Å². The Morgan fingerprint density at radius 1 is 1.21 bits per heavy atom. The molecule has 1 amide bonds. The van der Waals surface area contributed by atoms with Gasteiger partial charge in [-0.3, -0.25) is 9.59 Å². The molecule has 1 aromatic carbocycles. The van der Waals surface area contributed by atoms with Crippen LogP contribution in [0.1, 0.15) is 25.0 Å². The Balaban J connectivity index is 2.90. The van der Waals surface area contributed by atoms with Crippen molar-refractivity contribution >= 4 is 17.6 Å². The maximum Gasteiger partial charge on any atom is 0.318 e. The largest absolute Gasteiger partial charge is 0.468 e. The molecule has 0 bridgehead atoms. The van der Waals surface area contributed by atoms with Crippen molar-refractivity contribution in [3.63, 3.8) is 0 Å². The van der Waals surface area contributed by atoms with E-state index in [2.05, 4.69) is 10.1 Å². The van der Waals surface area contributed by atoms with Crippen molar-refractivity contribution in [1.29, 1.82) is 0 Å². The van der Waals surface area contributed by atoms with Gasteiger partial charge in [0.05, 0.1) is 7.11 Å². The second-order valence-corrected chi connectivity index (χ2v) is 5.05. The molecule has 0 aliphatic heterocycles. The first kappa shape index (κ1) is 15.2. The van der Waals surface area contributed by atoms with Gasteiger partial charge in [-0.15, -0.1) is 0 Å². The fourth-order valence-electron chi connectivity index (χ4n) is 1.97. The van der Waals surface area contributed by atoms with Gasteiger partial charge in [0.25, 0.3) is 0 Å². The monoisotopic (exact) mass is 263 g/mol. The molecule has 1 atom stereocenters. The van der Waals surface area contributed by atoms with Gasteiger partial charge in [0.15, 0.2) is 0 Å². The summed E-state index contributed by atoms with van der Waals surface area (Å²) < 4.78 is 4.68. The summed E-state index contributed by atoms with van der Waals surface area (Å²) in [4.78, 5) is 23.8. The van der Waals surface area contributed by atoms with Crippen LogP contribution in [-0.2, 0) is 14.3 Å². The predicted molar refractivity (Wildman–Crippen MR) is 74.9 cm³/mol.